The van der Waals surface area contributed by atoms with E-state index in [1.54, 1.807) is 0 Å². The number of hydrogen-bond acceptors (Lipinski definition) is 5. The molecule has 0 unspecified atom stereocenters. The van der Waals surface area contributed by atoms with Crippen molar-refractivity contribution in [2.75, 3.05) is 24.6 Å². The van der Waals surface area contributed by atoms with E-state index < -0.39 is 6.10 Å². The van der Waals surface area contributed by atoms with Crippen LogP contribution in [0.5, 0.6) is 5.75 Å². The van der Waals surface area contributed by atoms with Crippen molar-refractivity contribution < 1.29 is 14.6 Å². The number of ether oxygens (including phenoxy) is 1. The van der Waals surface area contributed by atoms with E-state index in [1.807, 2.05) is 30.3 Å². The molecule has 7 heteroatoms. The Labute approximate surface area is 241 Å². The van der Waals surface area contributed by atoms with Gasteiger partial charge < -0.3 is 14.7 Å². The molecule has 1 spiro atoms. The van der Waals surface area contributed by atoms with Crippen molar-refractivity contribution in [3.8, 4) is 5.75 Å². The normalized spacial score (nSPS) is 33.6. The number of rotatable bonds is 0. The second-order valence-electron chi connectivity index (χ2n) is 12.2. The number of aliphatic hydroxyl groups excluding tert-OH is 1. The van der Waals surface area contributed by atoms with Crippen LogP contribution in [0.1, 0.15) is 67.4 Å². The highest BCUT2D eigenvalue weighted by Gasteiger charge is 2.44. The van der Waals surface area contributed by atoms with Crippen LogP contribution in [0.2, 0.25) is 5.02 Å². The average molecular weight is 567 g/mol. The minimum Gasteiger partial charge on any atom is -0.490 e. The van der Waals surface area contributed by atoms with E-state index in [0.29, 0.717) is 24.0 Å². The standard InChI is InChI=1S/C32H39ClN2O3S/c1-20-5-3-7-29(36)26-11-8-24(26)17-35-18-32(14-4-6-22-15-25(33)10-12-27(22)32)19-38-30-13-9-23(16-28(30)35)31(37)34-39-21(20)2/h3,7,9-10,12-13,15-16,20-21,24,26,29,36H,4-6,8,11,14,17-19H2,1-2H3,(H,34,37)/b7-3+/t20-,21-,24-,26+,29-,32-/m0/s1. The number of anilines is 1. The predicted octanol–water partition coefficient (Wildman–Crippen LogP) is 6.56. The summed E-state index contributed by atoms with van der Waals surface area (Å²) in [4.78, 5) is 15.7. The first kappa shape index (κ1) is 27.0. The Morgan fingerprint density at radius 1 is 1.18 bits per heavy atom. The average Bonchev–Trinajstić information content (AvgIpc) is 3.05. The lowest BCUT2D eigenvalue weighted by Crippen LogP contribution is -2.49. The Bertz CT molecular complexity index is 1270. The molecule has 6 atom stereocenters. The first-order valence-electron chi connectivity index (χ1n) is 14.4. The molecule has 0 aromatic heterocycles. The number of benzene rings is 2. The quantitative estimate of drug-likeness (QED) is 0.279. The smallest absolute Gasteiger partial charge is 0.261 e. The Morgan fingerprint density at radius 3 is 2.87 bits per heavy atom. The molecule has 2 aromatic rings. The van der Waals surface area contributed by atoms with E-state index in [-0.39, 0.29) is 22.5 Å². The number of halogens is 1. The highest BCUT2D eigenvalue weighted by molar-refractivity contribution is 7.98. The lowest BCUT2D eigenvalue weighted by molar-refractivity contribution is 0.0456. The summed E-state index contributed by atoms with van der Waals surface area (Å²) in [5.41, 5.74) is 4.14. The second-order valence-corrected chi connectivity index (χ2v) is 13.8. The van der Waals surface area contributed by atoms with Crippen molar-refractivity contribution >= 4 is 35.1 Å². The number of nitrogens with zero attached hydrogens (tertiary/aromatic N) is 1. The maximum Gasteiger partial charge on any atom is 0.261 e. The molecule has 2 heterocycles. The van der Waals surface area contributed by atoms with Gasteiger partial charge in [-0.1, -0.05) is 43.7 Å². The zero-order valence-electron chi connectivity index (χ0n) is 22.9. The van der Waals surface area contributed by atoms with Crippen LogP contribution >= 0.6 is 23.5 Å². The lowest BCUT2D eigenvalue weighted by atomic mass is 9.68. The van der Waals surface area contributed by atoms with E-state index in [9.17, 15) is 9.90 Å². The van der Waals surface area contributed by atoms with Crippen LogP contribution in [0.3, 0.4) is 0 Å². The number of carbonyl (C=O) groups is 1. The Kier molecular flexibility index (Phi) is 7.64. The third-order valence-corrected chi connectivity index (χ3v) is 11.0. The zero-order chi connectivity index (χ0) is 27.1. The van der Waals surface area contributed by atoms with Gasteiger partial charge in [0.05, 0.1) is 18.4 Å². The van der Waals surface area contributed by atoms with Gasteiger partial charge in [0, 0.05) is 34.3 Å². The lowest BCUT2D eigenvalue weighted by Gasteiger charge is -2.45. The van der Waals surface area contributed by atoms with Gasteiger partial charge in [0.15, 0.2) is 0 Å². The minimum atomic E-state index is -0.424. The first-order chi connectivity index (χ1) is 18.8. The fourth-order valence-corrected chi connectivity index (χ4v) is 7.85. The number of allylic oxidation sites excluding steroid dienone is 1. The molecule has 2 N–H and O–H groups in total. The summed E-state index contributed by atoms with van der Waals surface area (Å²) in [6, 6.07) is 12.2. The number of fused-ring (bicyclic) bond motifs is 4. The van der Waals surface area contributed by atoms with Gasteiger partial charge >= 0.3 is 0 Å². The molecule has 0 radical (unpaired) electrons. The van der Waals surface area contributed by atoms with Crippen molar-refractivity contribution in [1.82, 2.24) is 4.72 Å². The van der Waals surface area contributed by atoms with Gasteiger partial charge in [0.25, 0.3) is 5.91 Å². The van der Waals surface area contributed by atoms with Crippen LogP contribution in [0.25, 0.3) is 0 Å². The van der Waals surface area contributed by atoms with Crippen LogP contribution in [-0.2, 0) is 11.8 Å². The van der Waals surface area contributed by atoms with Gasteiger partial charge in [0.2, 0.25) is 0 Å². The summed E-state index contributed by atoms with van der Waals surface area (Å²) < 4.78 is 9.67. The number of carbonyl (C=O) groups excluding carboxylic acids is 1. The zero-order valence-corrected chi connectivity index (χ0v) is 24.4. The van der Waals surface area contributed by atoms with E-state index in [4.69, 9.17) is 16.3 Å². The van der Waals surface area contributed by atoms with Crippen LogP contribution in [0.15, 0.2) is 48.6 Å². The molecule has 4 aliphatic rings. The maximum atomic E-state index is 13.2. The fraction of sp³-hybridized carbons (Fsp3) is 0.531. The molecule has 5 nitrogen and oxygen atoms in total. The summed E-state index contributed by atoms with van der Waals surface area (Å²) in [6.45, 7) is 6.59. The maximum absolute atomic E-state index is 13.2. The highest BCUT2D eigenvalue weighted by Crippen LogP contribution is 2.46. The van der Waals surface area contributed by atoms with Crippen molar-refractivity contribution in [1.29, 1.82) is 0 Å². The van der Waals surface area contributed by atoms with E-state index in [2.05, 4.69) is 41.7 Å². The van der Waals surface area contributed by atoms with Gasteiger partial charge in [-0.15, -0.1) is 0 Å². The van der Waals surface area contributed by atoms with Crippen LogP contribution in [-0.4, -0.2) is 42.1 Å². The molecule has 2 aromatic carbocycles. The van der Waals surface area contributed by atoms with Gasteiger partial charge in [-0.2, -0.15) is 0 Å². The van der Waals surface area contributed by atoms with Crippen LogP contribution in [0, 0.1) is 17.8 Å². The number of nitrogens with one attached hydrogen (secondary N) is 1. The Morgan fingerprint density at radius 2 is 2.05 bits per heavy atom. The summed E-state index contributed by atoms with van der Waals surface area (Å²) in [7, 11) is 0. The van der Waals surface area contributed by atoms with E-state index in [1.165, 1.54) is 23.1 Å². The topological polar surface area (TPSA) is 61.8 Å². The van der Waals surface area contributed by atoms with Gasteiger partial charge in [-0.25, -0.2) is 0 Å². The van der Waals surface area contributed by atoms with Gasteiger partial charge in [0.1, 0.15) is 5.75 Å². The molecule has 0 saturated heterocycles. The molecule has 1 amide bonds. The molecule has 6 rings (SSSR count). The Balaban J connectivity index is 1.39. The third-order valence-electron chi connectivity index (χ3n) is 9.65. The molecule has 39 heavy (non-hydrogen) atoms. The van der Waals surface area contributed by atoms with Crippen molar-refractivity contribution in [2.24, 2.45) is 17.8 Å². The molecule has 2 bridgehead atoms. The molecule has 2 aliphatic heterocycles. The minimum absolute atomic E-state index is 0.0713. The predicted molar refractivity (Wildman–Crippen MR) is 160 cm³/mol. The molecule has 1 saturated carbocycles. The summed E-state index contributed by atoms with van der Waals surface area (Å²) in [5.74, 6) is 1.78. The van der Waals surface area contributed by atoms with Crippen molar-refractivity contribution in [3.05, 3.63) is 70.3 Å². The molecular formula is C32H39ClN2O3S. The number of aliphatic hydroxyl groups is 1. The molecule has 208 valence electrons. The summed E-state index contributed by atoms with van der Waals surface area (Å²) in [5, 5.41) is 12.1. The number of amides is 1. The third kappa shape index (κ3) is 5.32. The van der Waals surface area contributed by atoms with Crippen LogP contribution < -0.4 is 14.4 Å². The number of aryl methyl sites for hydroxylation is 1. The second kappa shape index (κ2) is 11.0. The SMILES string of the molecule is C[C@@H]1SNC(=O)c2ccc3c(c2)N(C[C@@H]2CC[C@H]2[C@@H](O)/C=C/C[C@@H]1C)C[C@@]1(CCCc2cc(Cl)ccc21)CO3. The molecule has 1 fully saturated rings. The monoisotopic (exact) mass is 566 g/mol. The fourth-order valence-electron chi connectivity index (χ4n) is 6.90. The highest BCUT2D eigenvalue weighted by atomic mass is 35.5. The van der Waals surface area contributed by atoms with Gasteiger partial charge in [-0.3, -0.25) is 9.52 Å². The first-order valence-corrected chi connectivity index (χ1v) is 15.7. The summed E-state index contributed by atoms with van der Waals surface area (Å²) >= 11 is 7.88. The van der Waals surface area contributed by atoms with E-state index >= 15 is 0 Å². The largest absolute Gasteiger partial charge is 0.490 e. The summed E-state index contributed by atoms with van der Waals surface area (Å²) in [6.07, 6.45) is 9.93. The van der Waals surface area contributed by atoms with E-state index in [0.717, 1.165) is 68.1 Å². The van der Waals surface area contributed by atoms with Crippen LogP contribution in [0.4, 0.5) is 5.69 Å². The van der Waals surface area contributed by atoms with Crippen molar-refractivity contribution in [2.45, 2.75) is 69.1 Å². The molecular weight excluding hydrogens is 528 g/mol. The van der Waals surface area contributed by atoms with Gasteiger partial charge in [-0.05, 0) is 110 Å². The number of hydrogen-bond donors (Lipinski definition) is 2. The molecule has 2 aliphatic carbocycles. The Hall–Kier alpha value is -2.15. The van der Waals surface area contributed by atoms with Crippen molar-refractivity contribution in [3.63, 3.8) is 0 Å².